The van der Waals surface area contributed by atoms with Gasteiger partial charge in [-0.25, -0.2) is 0 Å². The van der Waals surface area contributed by atoms with Gasteiger partial charge in [0, 0.05) is 17.8 Å². The second-order valence-electron chi connectivity index (χ2n) is 3.56. The maximum absolute atomic E-state index is 11.4. The number of nitrogens with zero attached hydrogens (tertiary/aromatic N) is 1. The topological polar surface area (TPSA) is 95.3 Å². The van der Waals surface area contributed by atoms with Crippen molar-refractivity contribution in [2.45, 2.75) is 6.42 Å². The quantitative estimate of drug-likeness (QED) is 0.720. The van der Waals surface area contributed by atoms with Gasteiger partial charge in [0.2, 0.25) is 0 Å². The van der Waals surface area contributed by atoms with Gasteiger partial charge < -0.3 is 10.2 Å². The van der Waals surface area contributed by atoms with E-state index in [-0.39, 0.29) is 17.7 Å². The Morgan fingerprint density at radius 1 is 1.41 bits per heavy atom. The summed E-state index contributed by atoms with van der Waals surface area (Å²) in [4.78, 5) is 22.0. The predicted molar refractivity (Wildman–Crippen MR) is 59.4 cm³/mol. The molecule has 17 heavy (non-hydrogen) atoms. The van der Waals surface area contributed by atoms with Crippen molar-refractivity contribution in [2.24, 2.45) is 0 Å². The number of aliphatic carboxylic acids is 1. The fourth-order valence-corrected chi connectivity index (χ4v) is 1.50. The second kappa shape index (κ2) is 4.17. The highest BCUT2D eigenvalue weighted by molar-refractivity contribution is 5.69. The molecule has 0 bridgehead atoms. The van der Waals surface area contributed by atoms with E-state index in [9.17, 15) is 14.7 Å². The van der Waals surface area contributed by atoms with Crippen molar-refractivity contribution in [1.29, 1.82) is 0 Å². The van der Waals surface area contributed by atoms with E-state index in [1.54, 1.807) is 12.1 Å². The third-order valence-electron chi connectivity index (χ3n) is 2.25. The fourth-order valence-electron chi connectivity index (χ4n) is 1.50. The fraction of sp³-hybridized carbons (Fsp3) is 0.0909. The minimum Gasteiger partial charge on any atom is -0.508 e. The van der Waals surface area contributed by atoms with Crippen LogP contribution in [0.3, 0.4) is 0 Å². The zero-order valence-corrected chi connectivity index (χ0v) is 8.75. The van der Waals surface area contributed by atoms with Gasteiger partial charge in [0.25, 0.3) is 5.56 Å². The highest BCUT2D eigenvalue weighted by Crippen LogP contribution is 2.14. The van der Waals surface area contributed by atoms with Crippen LogP contribution in [0.5, 0.6) is 5.75 Å². The summed E-state index contributed by atoms with van der Waals surface area (Å²) in [5.41, 5.74) is 0.273. The number of aromatic amines is 1. The Balaban J connectivity index is 2.41. The summed E-state index contributed by atoms with van der Waals surface area (Å²) < 4.78 is 1.38. The molecule has 3 N–H and O–H groups in total. The Bertz CT molecular complexity index is 612. The highest BCUT2D eigenvalue weighted by atomic mass is 16.4. The molecule has 1 aromatic carbocycles. The third kappa shape index (κ3) is 2.36. The van der Waals surface area contributed by atoms with Crippen molar-refractivity contribution in [2.75, 3.05) is 0 Å². The lowest BCUT2D eigenvalue weighted by atomic mass is 10.2. The molecule has 2 aromatic rings. The van der Waals surface area contributed by atoms with Gasteiger partial charge in [-0.05, 0) is 12.1 Å². The van der Waals surface area contributed by atoms with Gasteiger partial charge in [-0.15, -0.1) is 0 Å². The first-order valence-electron chi connectivity index (χ1n) is 4.88. The number of hydrogen-bond donors (Lipinski definition) is 3. The number of aromatic nitrogens is 2. The summed E-state index contributed by atoms with van der Waals surface area (Å²) in [6.07, 6.45) is 1.08. The van der Waals surface area contributed by atoms with Crippen LogP contribution in [0.1, 0.15) is 5.56 Å². The first-order valence-corrected chi connectivity index (χ1v) is 4.88. The number of phenolic OH excluding ortho intramolecular Hbond substituents is 1. The lowest BCUT2D eigenvalue weighted by Gasteiger charge is -2.01. The van der Waals surface area contributed by atoms with Gasteiger partial charge in [-0.3, -0.25) is 19.4 Å². The predicted octanol–water partition coefficient (Wildman–Crippen LogP) is 0.498. The summed E-state index contributed by atoms with van der Waals surface area (Å²) in [5.74, 6) is -0.999. The maximum atomic E-state index is 11.4. The molecule has 1 heterocycles. The van der Waals surface area contributed by atoms with E-state index in [1.165, 1.54) is 23.0 Å². The molecule has 1 aromatic heterocycles. The zero-order chi connectivity index (χ0) is 12.4. The molecule has 0 fully saturated rings. The molecule has 2 rings (SSSR count). The van der Waals surface area contributed by atoms with Gasteiger partial charge in [0.1, 0.15) is 5.75 Å². The molecule has 0 saturated carbocycles. The standard InChI is InChI=1S/C11H10N2O4/c14-9-3-1-2-8(5-9)13-6-7(4-10(15)16)11(17)12-13/h1-3,5-6,14H,4H2,(H,12,17)(H,15,16). The lowest BCUT2D eigenvalue weighted by molar-refractivity contribution is -0.136. The van der Waals surface area contributed by atoms with E-state index >= 15 is 0 Å². The van der Waals surface area contributed by atoms with Crippen LogP contribution in [0, 0.1) is 0 Å². The van der Waals surface area contributed by atoms with Crippen LogP contribution >= 0.6 is 0 Å². The normalized spacial score (nSPS) is 10.4. The van der Waals surface area contributed by atoms with Crippen LogP contribution in [-0.4, -0.2) is 26.0 Å². The monoisotopic (exact) mass is 234 g/mol. The summed E-state index contributed by atoms with van der Waals surface area (Å²) >= 11 is 0. The molecule has 88 valence electrons. The summed E-state index contributed by atoms with van der Waals surface area (Å²) in [7, 11) is 0. The van der Waals surface area contributed by atoms with Crippen molar-refractivity contribution >= 4 is 5.97 Å². The van der Waals surface area contributed by atoms with Crippen LogP contribution < -0.4 is 5.56 Å². The summed E-state index contributed by atoms with van der Waals surface area (Å²) in [5, 5.41) is 20.4. The molecule has 0 atom stereocenters. The molecule has 0 unspecified atom stereocenters. The van der Waals surface area contributed by atoms with E-state index < -0.39 is 11.5 Å². The minimum absolute atomic E-state index is 0.0665. The third-order valence-corrected chi connectivity index (χ3v) is 2.25. The molecule has 0 aliphatic carbocycles. The van der Waals surface area contributed by atoms with E-state index in [4.69, 9.17) is 5.11 Å². The number of phenols is 1. The number of hydrogen-bond acceptors (Lipinski definition) is 3. The van der Waals surface area contributed by atoms with E-state index in [1.807, 2.05) is 0 Å². The molecule has 6 heteroatoms. The molecule has 0 spiro atoms. The maximum Gasteiger partial charge on any atom is 0.308 e. The zero-order valence-electron chi connectivity index (χ0n) is 8.75. The Morgan fingerprint density at radius 2 is 2.18 bits per heavy atom. The summed E-state index contributed by atoms with van der Waals surface area (Å²) in [6, 6.07) is 6.27. The molecule has 0 saturated heterocycles. The molecule has 0 aliphatic rings. The van der Waals surface area contributed by atoms with Gasteiger partial charge >= 0.3 is 5.97 Å². The van der Waals surface area contributed by atoms with Gasteiger partial charge in [-0.1, -0.05) is 6.07 Å². The average molecular weight is 234 g/mol. The number of carboxylic acid groups (broad SMARTS) is 1. The van der Waals surface area contributed by atoms with Crippen LogP contribution in [0.25, 0.3) is 5.69 Å². The van der Waals surface area contributed by atoms with Crippen molar-refractivity contribution < 1.29 is 15.0 Å². The molecular weight excluding hydrogens is 224 g/mol. The number of nitrogens with one attached hydrogen (secondary N) is 1. The second-order valence-corrected chi connectivity index (χ2v) is 3.56. The van der Waals surface area contributed by atoms with Crippen LogP contribution in [0.2, 0.25) is 0 Å². The van der Waals surface area contributed by atoms with E-state index in [0.29, 0.717) is 5.69 Å². The van der Waals surface area contributed by atoms with E-state index in [0.717, 1.165) is 0 Å². The smallest absolute Gasteiger partial charge is 0.308 e. The van der Waals surface area contributed by atoms with Crippen LogP contribution in [0.15, 0.2) is 35.3 Å². The Kier molecular flexibility index (Phi) is 2.70. The first kappa shape index (κ1) is 11.0. The van der Waals surface area contributed by atoms with Crippen molar-refractivity contribution in [3.8, 4) is 11.4 Å². The molecule has 0 aliphatic heterocycles. The number of H-pyrrole nitrogens is 1. The molecule has 0 radical (unpaired) electrons. The first-order chi connectivity index (χ1) is 8.06. The lowest BCUT2D eigenvalue weighted by Crippen LogP contribution is -2.11. The number of benzene rings is 1. The van der Waals surface area contributed by atoms with Gasteiger partial charge in [0.05, 0.1) is 12.1 Å². The number of carboxylic acids is 1. The summed E-state index contributed by atoms with van der Waals surface area (Å²) in [6.45, 7) is 0. The molecular formula is C11H10N2O4. The van der Waals surface area contributed by atoms with Crippen molar-refractivity contribution in [1.82, 2.24) is 9.78 Å². The average Bonchev–Trinajstić information content (AvgIpc) is 2.59. The Morgan fingerprint density at radius 3 is 2.82 bits per heavy atom. The number of rotatable bonds is 3. The Hall–Kier alpha value is -2.50. The minimum atomic E-state index is -1.07. The largest absolute Gasteiger partial charge is 0.508 e. The van der Waals surface area contributed by atoms with Gasteiger partial charge in [0.15, 0.2) is 0 Å². The van der Waals surface area contributed by atoms with Crippen molar-refractivity contribution in [3.63, 3.8) is 0 Å². The molecule has 6 nitrogen and oxygen atoms in total. The SMILES string of the molecule is O=C(O)Cc1cn(-c2cccc(O)c2)[nH]c1=O. The van der Waals surface area contributed by atoms with Crippen molar-refractivity contribution in [3.05, 3.63) is 46.4 Å². The van der Waals surface area contributed by atoms with Crippen LogP contribution in [-0.2, 0) is 11.2 Å². The van der Waals surface area contributed by atoms with E-state index in [2.05, 4.69) is 5.10 Å². The highest BCUT2D eigenvalue weighted by Gasteiger charge is 2.09. The molecule has 0 amide bonds. The van der Waals surface area contributed by atoms with Gasteiger partial charge in [-0.2, -0.15) is 0 Å². The number of carbonyl (C=O) groups is 1. The Labute approximate surface area is 95.7 Å². The number of aromatic hydroxyl groups is 1. The van der Waals surface area contributed by atoms with Crippen LogP contribution in [0.4, 0.5) is 0 Å².